The molecule has 2 fully saturated rings. The maximum Gasteiger partial charge on any atom is 0.242 e. The van der Waals surface area contributed by atoms with E-state index in [1.165, 1.54) is 6.42 Å². The fourth-order valence-electron chi connectivity index (χ4n) is 4.97. The highest BCUT2D eigenvalue weighted by Crippen LogP contribution is 2.34. The van der Waals surface area contributed by atoms with Crippen LogP contribution in [0.3, 0.4) is 0 Å². The Kier molecular flexibility index (Phi) is 6.03. The number of anilines is 1. The quantitative estimate of drug-likeness (QED) is 0.575. The van der Waals surface area contributed by atoms with Gasteiger partial charge < -0.3 is 19.1 Å². The minimum atomic E-state index is -0.0642. The number of imidazole rings is 1. The molecule has 3 heterocycles. The zero-order valence-electron chi connectivity index (χ0n) is 19.1. The van der Waals surface area contributed by atoms with Gasteiger partial charge in [-0.1, -0.05) is 12.1 Å². The molecule has 1 aromatic heterocycles. The zero-order valence-corrected chi connectivity index (χ0v) is 19.1. The second-order valence-corrected chi connectivity index (χ2v) is 8.82. The first-order valence-electron chi connectivity index (χ1n) is 11.9. The predicted molar refractivity (Wildman–Crippen MR) is 127 cm³/mol. The van der Waals surface area contributed by atoms with E-state index in [-0.39, 0.29) is 24.3 Å². The first-order chi connectivity index (χ1) is 16.1. The van der Waals surface area contributed by atoms with Crippen LogP contribution in [-0.4, -0.2) is 52.5 Å². The normalized spacial score (nSPS) is 18.8. The molecule has 2 amide bonds. The van der Waals surface area contributed by atoms with Crippen molar-refractivity contribution in [3.05, 3.63) is 54.4 Å². The Balaban J connectivity index is 1.41. The van der Waals surface area contributed by atoms with Gasteiger partial charge in [-0.3, -0.25) is 9.59 Å². The highest BCUT2D eigenvalue weighted by atomic mass is 16.5. The van der Waals surface area contributed by atoms with E-state index in [4.69, 9.17) is 9.72 Å². The van der Waals surface area contributed by atoms with Crippen molar-refractivity contribution in [1.29, 1.82) is 0 Å². The zero-order chi connectivity index (χ0) is 22.8. The van der Waals surface area contributed by atoms with Crippen LogP contribution in [0.25, 0.3) is 11.0 Å². The van der Waals surface area contributed by atoms with Gasteiger partial charge in [-0.25, -0.2) is 4.98 Å². The molecule has 5 rings (SSSR count). The Hall–Kier alpha value is -3.35. The van der Waals surface area contributed by atoms with E-state index in [2.05, 4.69) is 0 Å². The molecule has 2 saturated heterocycles. The predicted octanol–water partition coefficient (Wildman–Crippen LogP) is 3.97. The summed E-state index contributed by atoms with van der Waals surface area (Å²) in [5.41, 5.74) is 2.67. The van der Waals surface area contributed by atoms with E-state index in [0.29, 0.717) is 19.6 Å². The smallest absolute Gasteiger partial charge is 0.242 e. The number of rotatable bonds is 6. The van der Waals surface area contributed by atoms with Crippen molar-refractivity contribution in [3.8, 4) is 5.75 Å². The average molecular weight is 447 g/mol. The number of para-hydroxylation sites is 2. The summed E-state index contributed by atoms with van der Waals surface area (Å²) in [4.78, 5) is 34.7. The highest BCUT2D eigenvalue weighted by molar-refractivity contribution is 5.96. The van der Waals surface area contributed by atoms with E-state index in [1.807, 2.05) is 69.8 Å². The van der Waals surface area contributed by atoms with Crippen molar-refractivity contribution in [2.45, 2.75) is 45.1 Å². The van der Waals surface area contributed by atoms with E-state index in [0.717, 1.165) is 54.2 Å². The van der Waals surface area contributed by atoms with E-state index in [1.54, 1.807) is 0 Å². The third-order valence-electron chi connectivity index (χ3n) is 6.64. The Labute approximate surface area is 193 Å². The van der Waals surface area contributed by atoms with E-state index in [9.17, 15) is 9.59 Å². The van der Waals surface area contributed by atoms with Crippen LogP contribution in [0.4, 0.5) is 5.69 Å². The lowest BCUT2D eigenvalue weighted by Crippen LogP contribution is -2.38. The minimum Gasteiger partial charge on any atom is -0.494 e. The lowest BCUT2D eigenvalue weighted by Gasteiger charge is -2.27. The molecule has 1 atom stereocenters. The number of amides is 2. The maximum absolute atomic E-state index is 13.1. The van der Waals surface area contributed by atoms with Crippen LogP contribution in [-0.2, 0) is 16.1 Å². The van der Waals surface area contributed by atoms with Gasteiger partial charge in [0.05, 0.1) is 17.6 Å². The summed E-state index contributed by atoms with van der Waals surface area (Å²) in [5, 5.41) is 0. The summed E-state index contributed by atoms with van der Waals surface area (Å²) >= 11 is 0. The van der Waals surface area contributed by atoms with Crippen molar-refractivity contribution < 1.29 is 14.3 Å². The molecule has 0 aliphatic carbocycles. The topological polar surface area (TPSA) is 67.7 Å². The Morgan fingerprint density at radius 3 is 2.58 bits per heavy atom. The second kappa shape index (κ2) is 9.25. The number of ether oxygens (including phenoxy) is 1. The number of nitrogens with zero attached hydrogens (tertiary/aromatic N) is 4. The Bertz CT molecular complexity index is 1150. The SMILES string of the molecule is CCOc1ccc(N2CC(c3nc4ccccc4n3CC(=O)N3CCCCC3)CC2=O)cc1. The van der Waals surface area contributed by atoms with Crippen molar-refractivity contribution in [1.82, 2.24) is 14.5 Å². The van der Waals surface area contributed by atoms with Gasteiger partial charge in [0.15, 0.2) is 0 Å². The van der Waals surface area contributed by atoms with Crippen LogP contribution in [0.5, 0.6) is 5.75 Å². The molecule has 2 aliphatic rings. The van der Waals surface area contributed by atoms with Crippen molar-refractivity contribution >= 4 is 28.5 Å². The van der Waals surface area contributed by atoms with Crippen LogP contribution >= 0.6 is 0 Å². The van der Waals surface area contributed by atoms with Crippen LogP contribution in [0.1, 0.15) is 44.3 Å². The third kappa shape index (κ3) is 4.32. The molecule has 0 radical (unpaired) electrons. The summed E-state index contributed by atoms with van der Waals surface area (Å²) in [6, 6.07) is 15.6. The summed E-state index contributed by atoms with van der Waals surface area (Å²) in [7, 11) is 0. The minimum absolute atomic E-state index is 0.0642. The van der Waals surface area contributed by atoms with Gasteiger partial charge in [0.2, 0.25) is 11.8 Å². The number of piperidine rings is 1. The largest absolute Gasteiger partial charge is 0.494 e. The number of fused-ring (bicyclic) bond motifs is 1. The molecular formula is C26H30N4O3. The monoisotopic (exact) mass is 446 g/mol. The highest BCUT2D eigenvalue weighted by Gasteiger charge is 2.35. The molecule has 2 aromatic carbocycles. The molecule has 0 saturated carbocycles. The lowest BCUT2D eigenvalue weighted by atomic mass is 10.1. The van der Waals surface area contributed by atoms with Crippen LogP contribution < -0.4 is 9.64 Å². The number of carbonyl (C=O) groups is 2. The number of carbonyl (C=O) groups excluding carboxylic acids is 2. The van der Waals surface area contributed by atoms with Gasteiger partial charge in [-0.2, -0.15) is 0 Å². The standard InChI is InChI=1S/C26H30N4O3/c1-2-33-21-12-10-20(11-13-21)29-17-19(16-24(29)31)26-27-22-8-4-5-9-23(22)30(26)18-25(32)28-14-6-3-7-15-28/h4-5,8-13,19H,2-3,6-7,14-18H2,1H3. The van der Waals surface area contributed by atoms with Crippen molar-refractivity contribution in [2.24, 2.45) is 0 Å². The number of hydrogen-bond acceptors (Lipinski definition) is 4. The molecule has 7 heteroatoms. The molecule has 0 bridgehead atoms. The first-order valence-corrected chi connectivity index (χ1v) is 11.9. The number of benzene rings is 2. The first kappa shape index (κ1) is 21.5. The second-order valence-electron chi connectivity index (χ2n) is 8.82. The van der Waals surface area contributed by atoms with Crippen LogP contribution in [0.2, 0.25) is 0 Å². The number of hydrogen-bond donors (Lipinski definition) is 0. The fourth-order valence-corrected chi connectivity index (χ4v) is 4.97. The Morgan fingerprint density at radius 1 is 1.06 bits per heavy atom. The molecular weight excluding hydrogens is 416 g/mol. The molecule has 2 aliphatic heterocycles. The van der Waals surface area contributed by atoms with Gasteiger partial charge >= 0.3 is 0 Å². The number of aromatic nitrogens is 2. The van der Waals surface area contributed by atoms with Gasteiger partial charge in [0, 0.05) is 37.7 Å². The van der Waals surface area contributed by atoms with Crippen LogP contribution in [0.15, 0.2) is 48.5 Å². The van der Waals surface area contributed by atoms with E-state index >= 15 is 0 Å². The summed E-state index contributed by atoms with van der Waals surface area (Å²) in [6.45, 7) is 5.03. The van der Waals surface area contributed by atoms with Crippen molar-refractivity contribution in [2.75, 3.05) is 31.1 Å². The van der Waals surface area contributed by atoms with Gasteiger partial charge in [0.1, 0.15) is 18.1 Å². The summed E-state index contributed by atoms with van der Waals surface area (Å²) in [6.07, 6.45) is 3.71. The summed E-state index contributed by atoms with van der Waals surface area (Å²) in [5.74, 6) is 1.76. The maximum atomic E-state index is 13.1. The van der Waals surface area contributed by atoms with Crippen LogP contribution in [0, 0.1) is 0 Å². The molecule has 33 heavy (non-hydrogen) atoms. The fraction of sp³-hybridized carbons (Fsp3) is 0.423. The van der Waals surface area contributed by atoms with Gasteiger partial charge in [-0.05, 0) is 62.6 Å². The third-order valence-corrected chi connectivity index (χ3v) is 6.64. The average Bonchev–Trinajstić information content (AvgIpc) is 3.41. The molecule has 0 spiro atoms. The van der Waals surface area contributed by atoms with Gasteiger partial charge in [0.25, 0.3) is 0 Å². The summed E-state index contributed by atoms with van der Waals surface area (Å²) < 4.78 is 7.56. The Morgan fingerprint density at radius 2 is 1.82 bits per heavy atom. The molecule has 0 N–H and O–H groups in total. The number of likely N-dealkylation sites (tertiary alicyclic amines) is 1. The van der Waals surface area contributed by atoms with E-state index < -0.39 is 0 Å². The van der Waals surface area contributed by atoms with Gasteiger partial charge in [-0.15, -0.1) is 0 Å². The molecule has 1 unspecified atom stereocenters. The lowest BCUT2D eigenvalue weighted by molar-refractivity contribution is -0.132. The molecule has 7 nitrogen and oxygen atoms in total. The molecule has 3 aromatic rings. The van der Waals surface area contributed by atoms with Crippen molar-refractivity contribution in [3.63, 3.8) is 0 Å². The molecule has 172 valence electrons.